The second kappa shape index (κ2) is 7.98. The summed E-state index contributed by atoms with van der Waals surface area (Å²) in [6, 6.07) is 0. The van der Waals surface area contributed by atoms with Crippen LogP contribution in [0.1, 0.15) is 58.3 Å². The molecule has 0 spiro atoms. The van der Waals surface area contributed by atoms with Gasteiger partial charge in [-0.2, -0.15) is 0 Å². The molecular weight excluding hydrogens is 203 g/mol. The van der Waals surface area contributed by atoms with E-state index in [4.69, 9.17) is 0 Å². The maximum absolute atomic E-state index is 12.7. The molecule has 0 atom stereocenters. The fourth-order valence-corrected chi connectivity index (χ4v) is 1.62. The topological polar surface area (TPSA) is 0 Å². The third kappa shape index (κ3) is 12.6. The van der Waals surface area contributed by atoms with Crippen LogP contribution in [0.4, 0.5) is 4.39 Å². The van der Waals surface area contributed by atoms with Crippen LogP contribution >= 0.6 is 25.3 Å². The summed E-state index contributed by atoms with van der Waals surface area (Å²) in [6.07, 6.45) is 8.88. The minimum Gasteiger partial charge on any atom is -0.220 e. The zero-order valence-electron chi connectivity index (χ0n) is 8.43. The largest absolute Gasteiger partial charge is 0.220 e. The lowest BCUT2D eigenvalue weighted by Crippen LogP contribution is -2.02. The smallest absolute Gasteiger partial charge is 0.196 e. The van der Waals surface area contributed by atoms with Crippen molar-refractivity contribution in [1.82, 2.24) is 0 Å². The molecule has 0 aromatic carbocycles. The van der Waals surface area contributed by atoms with Crippen molar-refractivity contribution < 1.29 is 4.39 Å². The molecule has 0 radical (unpaired) electrons. The first-order chi connectivity index (χ1) is 6.06. The molecule has 0 heterocycles. The van der Waals surface area contributed by atoms with Gasteiger partial charge in [-0.3, -0.25) is 0 Å². The predicted molar refractivity (Wildman–Crippen MR) is 64.4 cm³/mol. The molecule has 0 saturated carbocycles. The lowest BCUT2D eigenvalue weighted by Gasteiger charge is -2.10. The summed E-state index contributed by atoms with van der Waals surface area (Å²) in [7, 11) is 0. The van der Waals surface area contributed by atoms with Gasteiger partial charge in [-0.25, -0.2) is 4.39 Å². The van der Waals surface area contributed by atoms with E-state index in [-0.39, 0.29) is 0 Å². The highest BCUT2D eigenvalue weighted by atomic mass is 32.2. The lowest BCUT2D eigenvalue weighted by molar-refractivity contribution is 0.380. The SMILES string of the molecule is CCCCCCCCCC(F)(S)S. The summed E-state index contributed by atoms with van der Waals surface area (Å²) in [4.78, 5) is 0. The van der Waals surface area contributed by atoms with Gasteiger partial charge < -0.3 is 0 Å². The second-order valence-electron chi connectivity index (χ2n) is 3.59. The van der Waals surface area contributed by atoms with Gasteiger partial charge in [0.1, 0.15) is 0 Å². The fraction of sp³-hybridized carbons (Fsp3) is 1.00. The minimum atomic E-state index is -1.57. The van der Waals surface area contributed by atoms with Crippen LogP contribution in [0.5, 0.6) is 0 Å². The molecule has 3 heteroatoms. The van der Waals surface area contributed by atoms with E-state index in [9.17, 15) is 4.39 Å². The van der Waals surface area contributed by atoms with Crippen molar-refractivity contribution in [2.75, 3.05) is 0 Å². The molecule has 13 heavy (non-hydrogen) atoms. The third-order valence-corrected chi connectivity index (χ3v) is 2.55. The first-order valence-electron chi connectivity index (χ1n) is 5.20. The Bertz CT molecular complexity index is 110. The van der Waals surface area contributed by atoms with E-state index in [0.29, 0.717) is 6.42 Å². The summed E-state index contributed by atoms with van der Waals surface area (Å²) in [5.41, 5.74) is 0. The van der Waals surface area contributed by atoms with E-state index >= 15 is 0 Å². The van der Waals surface area contributed by atoms with Gasteiger partial charge in [0.2, 0.25) is 0 Å². The molecule has 80 valence electrons. The van der Waals surface area contributed by atoms with E-state index in [2.05, 4.69) is 32.2 Å². The molecule has 0 aromatic rings. The van der Waals surface area contributed by atoms with Crippen molar-refractivity contribution in [3.8, 4) is 0 Å². The average molecular weight is 224 g/mol. The minimum absolute atomic E-state index is 0.451. The summed E-state index contributed by atoms with van der Waals surface area (Å²) in [5, 5.41) is 0. The van der Waals surface area contributed by atoms with E-state index in [0.717, 1.165) is 12.8 Å². The number of halogens is 1. The highest BCUT2D eigenvalue weighted by Gasteiger charge is 2.16. The highest BCUT2D eigenvalue weighted by Crippen LogP contribution is 2.28. The molecule has 0 aliphatic heterocycles. The summed E-state index contributed by atoms with van der Waals surface area (Å²) < 4.78 is 11.2. The molecule has 0 nitrogen and oxygen atoms in total. The van der Waals surface area contributed by atoms with Crippen LogP contribution in [0, 0.1) is 0 Å². The predicted octanol–water partition coefficient (Wildman–Crippen LogP) is 4.61. The van der Waals surface area contributed by atoms with Crippen molar-refractivity contribution >= 4 is 25.3 Å². The third-order valence-electron chi connectivity index (χ3n) is 2.10. The zero-order chi connectivity index (χ0) is 10.2. The van der Waals surface area contributed by atoms with E-state index in [1.807, 2.05) is 0 Å². The number of rotatable bonds is 8. The molecular formula is C10H21FS2. The molecule has 0 aromatic heterocycles. The Morgan fingerprint density at radius 2 is 1.38 bits per heavy atom. The first kappa shape index (κ1) is 13.6. The lowest BCUT2D eigenvalue weighted by atomic mass is 10.1. The van der Waals surface area contributed by atoms with Crippen LogP contribution in [0.15, 0.2) is 0 Å². The second-order valence-corrected chi connectivity index (χ2v) is 5.36. The molecule has 0 bridgehead atoms. The van der Waals surface area contributed by atoms with E-state index in [1.165, 1.54) is 32.1 Å². The van der Waals surface area contributed by atoms with Gasteiger partial charge in [-0.1, -0.05) is 45.4 Å². The van der Waals surface area contributed by atoms with Gasteiger partial charge in [0.15, 0.2) is 4.33 Å². The van der Waals surface area contributed by atoms with Crippen LogP contribution in [0.25, 0.3) is 0 Å². The summed E-state index contributed by atoms with van der Waals surface area (Å²) >= 11 is 7.42. The first-order valence-corrected chi connectivity index (χ1v) is 6.09. The molecule has 0 amide bonds. The van der Waals surface area contributed by atoms with Gasteiger partial charge in [-0.05, 0) is 6.42 Å². The van der Waals surface area contributed by atoms with Crippen LogP contribution in [-0.4, -0.2) is 4.33 Å². The molecule has 0 aliphatic carbocycles. The van der Waals surface area contributed by atoms with Gasteiger partial charge in [0.25, 0.3) is 0 Å². The van der Waals surface area contributed by atoms with Gasteiger partial charge in [-0.15, -0.1) is 25.3 Å². The normalized spacial score (nSPS) is 12.0. The Morgan fingerprint density at radius 1 is 0.923 bits per heavy atom. The van der Waals surface area contributed by atoms with Crippen molar-refractivity contribution in [3.63, 3.8) is 0 Å². The standard InChI is InChI=1S/C10H21FS2/c1-2-3-4-5-6-7-8-9-10(11,12)13/h12-13H,2-9H2,1H3. The summed E-state index contributed by atoms with van der Waals surface area (Å²) in [6.45, 7) is 2.21. The van der Waals surface area contributed by atoms with Gasteiger partial charge >= 0.3 is 0 Å². The molecule has 0 saturated heterocycles. The number of hydrogen-bond donors (Lipinski definition) is 2. The zero-order valence-corrected chi connectivity index (χ0v) is 10.2. The Kier molecular flexibility index (Phi) is 8.37. The Hall–Kier alpha value is 0.630. The Labute approximate surface area is 92.5 Å². The van der Waals surface area contributed by atoms with Crippen LogP contribution in [0.2, 0.25) is 0 Å². The quantitative estimate of drug-likeness (QED) is 0.336. The van der Waals surface area contributed by atoms with Gasteiger partial charge in [0, 0.05) is 6.42 Å². The Balaban J connectivity index is 3.00. The monoisotopic (exact) mass is 224 g/mol. The number of unbranched alkanes of at least 4 members (excludes halogenated alkanes) is 6. The van der Waals surface area contributed by atoms with Crippen LogP contribution in [-0.2, 0) is 0 Å². The average Bonchev–Trinajstić information content (AvgIpc) is 2.01. The fourth-order valence-electron chi connectivity index (χ4n) is 1.31. The van der Waals surface area contributed by atoms with Crippen molar-refractivity contribution in [3.05, 3.63) is 0 Å². The highest BCUT2D eigenvalue weighted by molar-refractivity contribution is 8.00. The maximum atomic E-state index is 12.7. The molecule has 0 N–H and O–H groups in total. The van der Waals surface area contributed by atoms with E-state index < -0.39 is 4.33 Å². The van der Waals surface area contributed by atoms with Crippen molar-refractivity contribution in [1.29, 1.82) is 0 Å². The number of thiol groups is 2. The molecule has 0 aliphatic rings. The van der Waals surface area contributed by atoms with Crippen LogP contribution < -0.4 is 0 Å². The molecule has 0 rings (SSSR count). The molecule has 0 fully saturated rings. The summed E-state index contributed by atoms with van der Waals surface area (Å²) in [5.74, 6) is 0. The molecule has 0 unspecified atom stereocenters. The van der Waals surface area contributed by atoms with Crippen LogP contribution in [0.3, 0.4) is 0 Å². The number of alkyl halides is 1. The van der Waals surface area contributed by atoms with Gasteiger partial charge in [0.05, 0.1) is 0 Å². The Morgan fingerprint density at radius 3 is 1.85 bits per heavy atom. The number of hydrogen-bond acceptors (Lipinski definition) is 2. The van der Waals surface area contributed by atoms with Crippen molar-refractivity contribution in [2.24, 2.45) is 0 Å². The maximum Gasteiger partial charge on any atom is 0.196 e. The van der Waals surface area contributed by atoms with Crippen molar-refractivity contribution in [2.45, 2.75) is 62.6 Å². The van der Waals surface area contributed by atoms with E-state index in [1.54, 1.807) is 0 Å².